The van der Waals surface area contributed by atoms with Gasteiger partial charge in [0.15, 0.2) is 0 Å². The molecule has 1 aromatic carbocycles. The van der Waals surface area contributed by atoms with Crippen LogP contribution in [0.5, 0.6) is 0 Å². The van der Waals surface area contributed by atoms with Crippen LogP contribution in [0.1, 0.15) is 6.92 Å². The average molecular weight is 304 g/mol. The van der Waals surface area contributed by atoms with E-state index in [1.54, 1.807) is 0 Å². The minimum absolute atomic E-state index is 0.164. The molecule has 0 spiro atoms. The van der Waals surface area contributed by atoms with Crippen LogP contribution in [-0.4, -0.2) is 28.9 Å². The summed E-state index contributed by atoms with van der Waals surface area (Å²) in [5, 5.41) is 7.56. The quantitative estimate of drug-likeness (QED) is 0.683. The molecule has 0 radical (unpaired) electrons. The first kappa shape index (κ1) is 14.0. The SMILES string of the molecule is CCSc1nnc(-c2cc(F)ccc2S(=O)(=O)O)o1. The van der Waals surface area contributed by atoms with Crippen molar-refractivity contribution in [2.24, 2.45) is 0 Å². The van der Waals surface area contributed by atoms with Crippen molar-refractivity contribution in [3.05, 3.63) is 24.0 Å². The number of aromatic nitrogens is 2. The Labute approximate surface area is 112 Å². The molecule has 1 aromatic heterocycles. The predicted octanol–water partition coefficient (Wildman–Crippen LogP) is 2.23. The highest BCUT2D eigenvalue weighted by atomic mass is 32.2. The summed E-state index contributed by atoms with van der Waals surface area (Å²) in [5.74, 6) is -0.149. The third-order valence-corrected chi connectivity index (χ3v) is 3.74. The number of hydrogen-bond donors (Lipinski definition) is 1. The van der Waals surface area contributed by atoms with Crippen LogP contribution in [0.15, 0.2) is 32.7 Å². The lowest BCUT2D eigenvalue weighted by Crippen LogP contribution is -2.01. The zero-order valence-electron chi connectivity index (χ0n) is 9.70. The monoisotopic (exact) mass is 304 g/mol. The maximum atomic E-state index is 13.2. The molecule has 2 rings (SSSR count). The zero-order valence-corrected chi connectivity index (χ0v) is 11.3. The predicted molar refractivity (Wildman–Crippen MR) is 65.9 cm³/mol. The van der Waals surface area contributed by atoms with E-state index in [0.29, 0.717) is 5.75 Å². The van der Waals surface area contributed by atoms with Gasteiger partial charge in [-0.2, -0.15) is 8.42 Å². The number of thioether (sulfide) groups is 1. The van der Waals surface area contributed by atoms with Crippen molar-refractivity contribution in [2.75, 3.05) is 5.75 Å². The minimum atomic E-state index is -4.50. The summed E-state index contributed by atoms with van der Waals surface area (Å²) in [6.07, 6.45) is 0. The first-order chi connectivity index (χ1) is 8.91. The van der Waals surface area contributed by atoms with Gasteiger partial charge in [-0.1, -0.05) is 18.7 Å². The Morgan fingerprint density at radius 2 is 2.16 bits per heavy atom. The molecular weight excluding hydrogens is 295 g/mol. The third kappa shape index (κ3) is 3.11. The molecule has 0 atom stereocenters. The number of rotatable bonds is 4. The molecule has 9 heteroatoms. The van der Waals surface area contributed by atoms with Gasteiger partial charge in [0.1, 0.15) is 10.7 Å². The second kappa shape index (κ2) is 5.27. The minimum Gasteiger partial charge on any atom is -0.411 e. The van der Waals surface area contributed by atoms with Crippen molar-refractivity contribution in [2.45, 2.75) is 17.0 Å². The lowest BCUT2D eigenvalue weighted by molar-refractivity contribution is 0.461. The van der Waals surface area contributed by atoms with Crippen molar-refractivity contribution in [3.63, 3.8) is 0 Å². The molecule has 0 bridgehead atoms. The highest BCUT2D eigenvalue weighted by Crippen LogP contribution is 2.29. The summed E-state index contributed by atoms with van der Waals surface area (Å²) in [5.41, 5.74) is -0.169. The molecule has 1 N–H and O–H groups in total. The van der Waals surface area contributed by atoms with E-state index in [9.17, 15) is 12.8 Å². The van der Waals surface area contributed by atoms with Gasteiger partial charge in [-0.15, -0.1) is 10.2 Å². The molecule has 0 amide bonds. The molecular formula is C10H9FN2O4S2. The molecule has 0 aliphatic rings. The molecule has 0 fully saturated rings. The molecule has 0 aliphatic carbocycles. The zero-order chi connectivity index (χ0) is 14.0. The van der Waals surface area contributed by atoms with Crippen LogP contribution < -0.4 is 0 Å². The number of benzene rings is 1. The highest BCUT2D eigenvalue weighted by Gasteiger charge is 2.21. The Bertz CT molecular complexity index is 699. The van der Waals surface area contributed by atoms with Crippen molar-refractivity contribution in [1.82, 2.24) is 10.2 Å². The number of hydrogen-bond acceptors (Lipinski definition) is 6. The molecule has 1 heterocycles. The van der Waals surface area contributed by atoms with Crippen molar-refractivity contribution in [1.29, 1.82) is 0 Å². The molecule has 19 heavy (non-hydrogen) atoms. The van der Waals surface area contributed by atoms with Gasteiger partial charge in [-0.05, 0) is 24.0 Å². The smallest absolute Gasteiger partial charge is 0.295 e. The lowest BCUT2D eigenvalue weighted by atomic mass is 10.2. The molecule has 0 unspecified atom stereocenters. The van der Waals surface area contributed by atoms with Crippen LogP contribution in [-0.2, 0) is 10.1 Å². The van der Waals surface area contributed by atoms with E-state index in [0.717, 1.165) is 18.2 Å². The van der Waals surface area contributed by atoms with Gasteiger partial charge in [0.05, 0.1) is 5.56 Å². The molecule has 0 saturated heterocycles. The van der Waals surface area contributed by atoms with E-state index in [-0.39, 0.29) is 16.7 Å². The maximum absolute atomic E-state index is 13.2. The van der Waals surface area contributed by atoms with Gasteiger partial charge in [0, 0.05) is 0 Å². The Morgan fingerprint density at radius 3 is 2.79 bits per heavy atom. The van der Waals surface area contributed by atoms with E-state index in [1.807, 2.05) is 6.92 Å². The molecule has 0 aliphatic heterocycles. The van der Waals surface area contributed by atoms with Crippen LogP contribution in [0.2, 0.25) is 0 Å². The Balaban J connectivity index is 2.56. The highest BCUT2D eigenvalue weighted by molar-refractivity contribution is 7.99. The summed E-state index contributed by atoms with van der Waals surface area (Å²) in [7, 11) is -4.50. The molecule has 2 aromatic rings. The van der Waals surface area contributed by atoms with Gasteiger partial charge < -0.3 is 4.42 Å². The van der Waals surface area contributed by atoms with Gasteiger partial charge in [-0.3, -0.25) is 4.55 Å². The van der Waals surface area contributed by atoms with Gasteiger partial charge in [0.25, 0.3) is 15.3 Å². The standard InChI is InChI=1S/C10H9FN2O4S2/c1-2-18-10-13-12-9(17-10)7-5-6(11)3-4-8(7)19(14,15)16/h3-5H,2H2,1H3,(H,14,15,16). The van der Waals surface area contributed by atoms with Crippen LogP contribution in [0.3, 0.4) is 0 Å². The number of halogens is 1. The largest absolute Gasteiger partial charge is 0.411 e. The fraction of sp³-hybridized carbons (Fsp3) is 0.200. The summed E-state index contributed by atoms with van der Waals surface area (Å²) in [6.45, 7) is 1.88. The summed E-state index contributed by atoms with van der Waals surface area (Å²) >= 11 is 1.26. The topological polar surface area (TPSA) is 93.3 Å². The van der Waals surface area contributed by atoms with Gasteiger partial charge in [-0.25, -0.2) is 4.39 Å². The van der Waals surface area contributed by atoms with E-state index in [2.05, 4.69) is 10.2 Å². The van der Waals surface area contributed by atoms with Crippen LogP contribution >= 0.6 is 11.8 Å². The summed E-state index contributed by atoms with van der Waals surface area (Å²) in [6, 6.07) is 2.78. The second-order valence-electron chi connectivity index (χ2n) is 3.42. The third-order valence-electron chi connectivity index (χ3n) is 2.12. The van der Waals surface area contributed by atoms with E-state index >= 15 is 0 Å². The van der Waals surface area contributed by atoms with Crippen molar-refractivity contribution in [3.8, 4) is 11.5 Å². The average Bonchev–Trinajstić information content (AvgIpc) is 2.76. The van der Waals surface area contributed by atoms with Crippen molar-refractivity contribution < 1.29 is 21.8 Å². The Kier molecular flexibility index (Phi) is 3.88. The van der Waals surface area contributed by atoms with Crippen LogP contribution in [0.25, 0.3) is 11.5 Å². The lowest BCUT2D eigenvalue weighted by Gasteiger charge is -2.02. The first-order valence-electron chi connectivity index (χ1n) is 5.15. The molecule has 6 nitrogen and oxygen atoms in total. The maximum Gasteiger partial charge on any atom is 0.295 e. The summed E-state index contributed by atoms with van der Waals surface area (Å²) < 4.78 is 49.9. The fourth-order valence-electron chi connectivity index (χ4n) is 1.39. The normalized spacial score (nSPS) is 11.7. The van der Waals surface area contributed by atoms with E-state index in [1.165, 1.54) is 11.8 Å². The van der Waals surface area contributed by atoms with Crippen LogP contribution in [0.4, 0.5) is 4.39 Å². The van der Waals surface area contributed by atoms with Gasteiger partial charge >= 0.3 is 0 Å². The van der Waals surface area contributed by atoms with Crippen LogP contribution in [0, 0.1) is 5.82 Å². The van der Waals surface area contributed by atoms with E-state index in [4.69, 9.17) is 8.97 Å². The molecule has 0 saturated carbocycles. The molecule has 102 valence electrons. The van der Waals surface area contributed by atoms with E-state index < -0.39 is 20.8 Å². The Hall–Kier alpha value is -1.45. The van der Waals surface area contributed by atoms with Crippen molar-refractivity contribution >= 4 is 21.9 Å². The number of nitrogens with zero attached hydrogens (tertiary/aromatic N) is 2. The summed E-state index contributed by atoms with van der Waals surface area (Å²) in [4.78, 5) is -0.481. The first-order valence-corrected chi connectivity index (χ1v) is 7.58. The second-order valence-corrected chi connectivity index (χ2v) is 6.03. The Morgan fingerprint density at radius 1 is 1.42 bits per heavy atom. The fourth-order valence-corrected chi connectivity index (χ4v) is 2.54. The van der Waals surface area contributed by atoms with Gasteiger partial charge in [0.2, 0.25) is 5.89 Å².